The standard InChI is InChI=1S/C31H34N.C5H8O2.Ir/c1-20-15-21(2)30-26(22-11-7-6-8-12-22)19-28(32-29(30)16-20)24-17-23-13-9-10-14-25(23)27(18-24)31(3,4)5;1-4(6)3-5(2)7;/h9-10,13-16,18-19,22H,6-8,11-12H2,1-5H3;3,6H,1-2H3;/q-1;;/b;4-3-;. The first-order valence-electron chi connectivity index (χ1n) is 14.2. The van der Waals surface area contributed by atoms with E-state index in [1.54, 1.807) is 0 Å². The number of aliphatic hydroxyl groups is 1. The van der Waals surface area contributed by atoms with E-state index in [9.17, 15) is 4.79 Å². The van der Waals surface area contributed by atoms with E-state index in [0.717, 1.165) is 16.8 Å². The van der Waals surface area contributed by atoms with E-state index < -0.39 is 0 Å². The summed E-state index contributed by atoms with van der Waals surface area (Å²) in [6, 6.07) is 21.7. The third kappa shape index (κ3) is 7.47. The fraction of sp³-hybridized carbons (Fsp3) is 0.389. The van der Waals surface area contributed by atoms with Crippen molar-refractivity contribution in [3.05, 3.63) is 88.7 Å². The molecule has 0 amide bonds. The topological polar surface area (TPSA) is 50.2 Å². The Morgan fingerprint density at radius 3 is 2.27 bits per heavy atom. The van der Waals surface area contributed by atoms with Gasteiger partial charge in [0.15, 0.2) is 5.78 Å². The Hall–Kier alpha value is -2.81. The van der Waals surface area contributed by atoms with E-state index in [4.69, 9.17) is 10.1 Å². The monoisotopic (exact) mass is 713 g/mol. The average Bonchev–Trinajstić information content (AvgIpc) is 2.86. The number of aliphatic hydroxyl groups excluding tert-OH is 1. The Labute approximate surface area is 253 Å². The molecule has 0 atom stereocenters. The molecule has 0 bridgehead atoms. The summed E-state index contributed by atoms with van der Waals surface area (Å²) < 4.78 is 0. The van der Waals surface area contributed by atoms with Crippen LogP contribution in [-0.2, 0) is 30.3 Å². The Morgan fingerprint density at radius 1 is 1.00 bits per heavy atom. The second-order valence-corrected chi connectivity index (χ2v) is 12.2. The van der Waals surface area contributed by atoms with Gasteiger partial charge < -0.3 is 5.11 Å². The van der Waals surface area contributed by atoms with Crippen LogP contribution in [0.25, 0.3) is 32.9 Å². The molecule has 1 aromatic heterocycles. The number of hydrogen-bond acceptors (Lipinski definition) is 3. The van der Waals surface area contributed by atoms with Crippen molar-refractivity contribution in [2.45, 2.75) is 91.9 Å². The van der Waals surface area contributed by atoms with Gasteiger partial charge in [0.25, 0.3) is 0 Å². The number of aryl methyl sites for hydroxylation is 2. The van der Waals surface area contributed by atoms with Gasteiger partial charge in [-0.25, -0.2) is 0 Å². The number of carbonyl (C=O) groups excluding carboxylic acids is 1. The number of benzene rings is 3. The normalized spacial score (nSPS) is 14.4. The maximum Gasteiger partial charge on any atom is 0.155 e. The Bertz CT molecular complexity index is 1530. The van der Waals surface area contributed by atoms with E-state index in [-0.39, 0.29) is 37.1 Å². The Morgan fingerprint density at radius 2 is 1.68 bits per heavy atom. The molecule has 3 aromatic carbocycles. The molecule has 1 heterocycles. The summed E-state index contributed by atoms with van der Waals surface area (Å²) in [5.41, 5.74) is 8.89. The largest absolute Gasteiger partial charge is 0.512 e. The van der Waals surface area contributed by atoms with Crippen molar-refractivity contribution in [3.63, 3.8) is 0 Å². The number of hydrogen-bond donors (Lipinski definition) is 1. The van der Waals surface area contributed by atoms with Crippen LogP contribution in [0, 0.1) is 19.9 Å². The van der Waals surface area contributed by atoms with E-state index >= 15 is 0 Å². The summed E-state index contributed by atoms with van der Waals surface area (Å²) in [5.74, 6) is 0.574. The van der Waals surface area contributed by atoms with Gasteiger partial charge in [0.1, 0.15) is 0 Å². The molecule has 1 aliphatic rings. The maximum absolute atomic E-state index is 10.0. The summed E-state index contributed by atoms with van der Waals surface area (Å²) in [4.78, 5) is 15.2. The molecule has 1 N–H and O–H groups in total. The predicted molar refractivity (Wildman–Crippen MR) is 165 cm³/mol. The Kier molecular flexibility index (Phi) is 10.5. The molecule has 5 rings (SSSR count). The third-order valence-corrected chi connectivity index (χ3v) is 7.60. The van der Waals surface area contributed by atoms with Crippen molar-refractivity contribution in [2.24, 2.45) is 0 Å². The third-order valence-electron chi connectivity index (χ3n) is 7.60. The van der Waals surface area contributed by atoms with Gasteiger partial charge in [-0.3, -0.25) is 9.78 Å². The molecular formula is C36H42IrNO2-. The van der Waals surface area contributed by atoms with Gasteiger partial charge in [0, 0.05) is 37.3 Å². The van der Waals surface area contributed by atoms with E-state index in [0.29, 0.717) is 5.92 Å². The SMILES string of the molecule is CC(=O)/C=C(/C)O.Cc1cc(C)c2c(C3CCCCC3)cc(-c3[c-]c4ccccc4c(C(C)(C)C)c3)nc2c1.[Ir]. The van der Waals surface area contributed by atoms with Gasteiger partial charge in [-0.05, 0) is 74.6 Å². The molecule has 213 valence electrons. The minimum absolute atomic E-state index is 0. The van der Waals surface area contributed by atoms with Crippen molar-refractivity contribution in [2.75, 3.05) is 0 Å². The number of ketones is 1. The minimum Gasteiger partial charge on any atom is -0.512 e. The summed E-state index contributed by atoms with van der Waals surface area (Å²) in [5, 5.41) is 12.2. The number of aromatic nitrogens is 1. The van der Waals surface area contributed by atoms with Gasteiger partial charge in [0.05, 0.1) is 11.3 Å². The van der Waals surface area contributed by atoms with Crippen molar-refractivity contribution in [3.8, 4) is 11.3 Å². The van der Waals surface area contributed by atoms with Crippen molar-refractivity contribution in [1.82, 2.24) is 4.98 Å². The molecule has 40 heavy (non-hydrogen) atoms. The zero-order chi connectivity index (χ0) is 28.3. The second kappa shape index (κ2) is 13.2. The zero-order valence-corrected chi connectivity index (χ0v) is 27.3. The average molecular weight is 713 g/mol. The first-order chi connectivity index (χ1) is 18.4. The number of carbonyl (C=O) groups is 1. The first kappa shape index (κ1) is 31.7. The predicted octanol–water partition coefficient (Wildman–Crippen LogP) is 9.85. The molecule has 0 spiro atoms. The number of rotatable bonds is 3. The Balaban J connectivity index is 0.000000492. The second-order valence-electron chi connectivity index (χ2n) is 12.2. The van der Waals surface area contributed by atoms with Crippen LogP contribution in [0.3, 0.4) is 0 Å². The van der Waals surface area contributed by atoms with E-state index in [2.05, 4.69) is 89.2 Å². The van der Waals surface area contributed by atoms with Crippen molar-refractivity contribution in [1.29, 1.82) is 0 Å². The van der Waals surface area contributed by atoms with Crippen LogP contribution in [0.5, 0.6) is 0 Å². The maximum atomic E-state index is 10.0. The van der Waals surface area contributed by atoms with Crippen LogP contribution in [0.2, 0.25) is 0 Å². The fourth-order valence-corrected chi connectivity index (χ4v) is 5.95. The van der Waals surface area contributed by atoms with Crippen molar-refractivity contribution >= 4 is 27.5 Å². The first-order valence-corrected chi connectivity index (χ1v) is 14.2. The molecule has 3 nitrogen and oxygen atoms in total. The molecule has 0 unspecified atom stereocenters. The summed E-state index contributed by atoms with van der Waals surface area (Å²) >= 11 is 0. The molecule has 4 heteroatoms. The quantitative estimate of drug-likeness (QED) is 0.131. The summed E-state index contributed by atoms with van der Waals surface area (Å²) in [7, 11) is 0. The zero-order valence-electron chi connectivity index (χ0n) is 24.9. The smallest absolute Gasteiger partial charge is 0.155 e. The van der Waals surface area contributed by atoms with Crippen LogP contribution in [0.4, 0.5) is 0 Å². The van der Waals surface area contributed by atoms with E-state index in [1.165, 1.54) is 90.4 Å². The fourth-order valence-electron chi connectivity index (χ4n) is 5.95. The minimum atomic E-state index is -0.125. The molecule has 1 saturated carbocycles. The number of fused-ring (bicyclic) bond motifs is 2. The molecule has 1 aliphatic carbocycles. The van der Waals surface area contributed by atoms with Gasteiger partial charge in [0.2, 0.25) is 0 Å². The molecule has 1 radical (unpaired) electrons. The van der Waals surface area contributed by atoms with Crippen LogP contribution in [-0.4, -0.2) is 15.9 Å². The van der Waals surface area contributed by atoms with Gasteiger partial charge >= 0.3 is 0 Å². The van der Waals surface area contributed by atoms with Gasteiger partial charge in [-0.15, -0.1) is 29.1 Å². The molecular weight excluding hydrogens is 671 g/mol. The molecule has 1 fully saturated rings. The van der Waals surface area contributed by atoms with Gasteiger partial charge in [-0.2, -0.15) is 0 Å². The van der Waals surface area contributed by atoms with Crippen molar-refractivity contribution < 1.29 is 30.0 Å². The number of allylic oxidation sites excluding steroid dienone is 2. The van der Waals surface area contributed by atoms with Crippen LogP contribution >= 0.6 is 0 Å². The molecule has 4 aromatic rings. The molecule has 0 aliphatic heterocycles. The van der Waals surface area contributed by atoms with Gasteiger partial charge in [-0.1, -0.05) is 81.3 Å². The van der Waals surface area contributed by atoms with Crippen LogP contribution in [0.15, 0.2) is 60.4 Å². The summed E-state index contributed by atoms with van der Waals surface area (Å²) in [6.45, 7) is 14.2. The van der Waals surface area contributed by atoms with Crippen LogP contribution in [0.1, 0.15) is 94.9 Å². The van der Waals surface area contributed by atoms with Crippen LogP contribution < -0.4 is 0 Å². The number of pyridine rings is 1. The molecule has 0 saturated heterocycles. The number of nitrogens with zero attached hydrogens (tertiary/aromatic N) is 1. The van der Waals surface area contributed by atoms with E-state index in [1.807, 2.05) is 0 Å². The summed E-state index contributed by atoms with van der Waals surface area (Å²) in [6.07, 6.45) is 7.80.